The molecule has 2 heterocycles. The van der Waals surface area contributed by atoms with Crippen LogP contribution in [0.1, 0.15) is 26.3 Å². The Morgan fingerprint density at radius 3 is 2.83 bits per heavy atom. The van der Waals surface area contributed by atoms with Crippen molar-refractivity contribution >= 4 is 16.8 Å². The van der Waals surface area contributed by atoms with Gasteiger partial charge in [0.05, 0.1) is 24.8 Å². The van der Waals surface area contributed by atoms with Crippen molar-refractivity contribution in [3.63, 3.8) is 0 Å². The van der Waals surface area contributed by atoms with Crippen LogP contribution in [-0.2, 0) is 16.0 Å². The van der Waals surface area contributed by atoms with E-state index in [1.165, 1.54) is 10.9 Å². The molecule has 1 aromatic heterocycles. The number of nitrogens with one attached hydrogen (secondary N) is 1. The maximum absolute atomic E-state index is 12.3. The molecule has 0 spiro atoms. The summed E-state index contributed by atoms with van der Waals surface area (Å²) in [6, 6.07) is 10.3. The first-order valence-corrected chi connectivity index (χ1v) is 8.16. The largest absolute Gasteiger partial charge is 0.379 e. The van der Waals surface area contributed by atoms with Gasteiger partial charge in [-0.3, -0.25) is 9.78 Å². The minimum Gasteiger partial charge on any atom is -0.379 e. The highest BCUT2D eigenvalue weighted by atomic mass is 16.5. The summed E-state index contributed by atoms with van der Waals surface area (Å²) in [6.07, 6.45) is 2.74. The van der Waals surface area contributed by atoms with E-state index < -0.39 is 0 Å². The predicted octanol–water partition coefficient (Wildman–Crippen LogP) is 2.95. The van der Waals surface area contributed by atoms with Gasteiger partial charge in [0.15, 0.2) is 0 Å². The fraction of sp³-hybridized carbons (Fsp3) is 0.474. The maximum atomic E-state index is 12.3. The van der Waals surface area contributed by atoms with Crippen molar-refractivity contribution in [2.24, 2.45) is 11.3 Å². The highest BCUT2D eigenvalue weighted by Gasteiger charge is 2.32. The average molecular weight is 312 g/mol. The molecule has 0 saturated carbocycles. The van der Waals surface area contributed by atoms with Crippen LogP contribution >= 0.6 is 0 Å². The van der Waals surface area contributed by atoms with Crippen molar-refractivity contribution < 1.29 is 9.53 Å². The minimum atomic E-state index is -0.378. The zero-order valence-corrected chi connectivity index (χ0v) is 14.0. The van der Waals surface area contributed by atoms with Crippen molar-refractivity contribution in [2.45, 2.75) is 33.2 Å². The molecule has 2 atom stereocenters. The lowest BCUT2D eigenvalue weighted by Crippen LogP contribution is -2.45. The molecule has 1 N–H and O–H groups in total. The van der Waals surface area contributed by atoms with Gasteiger partial charge in [-0.2, -0.15) is 0 Å². The molecule has 23 heavy (non-hydrogen) atoms. The topological polar surface area (TPSA) is 51.2 Å². The first-order valence-electron chi connectivity index (χ1n) is 8.16. The van der Waals surface area contributed by atoms with Crippen LogP contribution in [-0.4, -0.2) is 30.1 Å². The molecule has 1 aromatic carbocycles. The Balaban J connectivity index is 1.77. The van der Waals surface area contributed by atoms with Crippen LogP contribution in [0, 0.1) is 11.3 Å². The van der Waals surface area contributed by atoms with Gasteiger partial charge in [0, 0.05) is 22.9 Å². The van der Waals surface area contributed by atoms with E-state index >= 15 is 0 Å². The number of para-hydroxylation sites is 1. The molecule has 4 nitrogen and oxygen atoms in total. The summed E-state index contributed by atoms with van der Waals surface area (Å²) in [7, 11) is 0. The number of benzene rings is 1. The molecule has 0 unspecified atom stereocenters. The highest BCUT2D eigenvalue weighted by Crippen LogP contribution is 2.25. The monoisotopic (exact) mass is 312 g/mol. The van der Waals surface area contributed by atoms with Crippen LogP contribution in [0.25, 0.3) is 10.9 Å². The van der Waals surface area contributed by atoms with Gasteiger partial charge in [-0.25, -0.2) is 0 Å². The number of rotatable bonds is 3. The van der Waals surface area contributed by atoms with Crippen molar-refractivity contribution in [3.8, 4) is 0 Å². The third kappa shape index (κ3) is 3.53. The van der Waals surface area contributed by atoms with E-state index in [-0.39, 0.29) is 17.4 Å². The van der Waals surface area contributed by atoms with Crippen LogP contribution in [0.3, 0.4) is 0 Å². The first kappa shape index (κ1) is 15.9. The van der Waals surface area contributed by atoms with Crippen molar-refractivity contribution in [2.75, 3.05) is 13.2 Å². The Morgan fingerprint density at radius 1 is 1.26 bits per heavy atom. The summed E-state index contributed by atoms with van der Waals surface area (Å²) in [5, 5.41) is 4.34. The number of fused-ring (bicyclic) bond motifs is 1. The second-order valence-corrected chi connectivity index (χ2v) is 7.32. The molecule has 1 fully saturated rings. The zero-order chi connectivity index (χ0) is 16.4. The molecule has 1 aliphatic rings. The Kier molecular flexibility index (Phi) is 4.35. The van der Waals surface area contributed by atoms with Gasteiger partial charge >= 0.3 is 0 Å². The highest BCUT2D eigenvalue weighted by molar-refractivity contribution is 5.82. The van der Waals surface area contributed by atoms with Gasteiger partial charge in [-0.15, -0.1) is 0 Å². The second-order valence-electron chi connectivity index (χ2n) is 7.32. The lowest BCUT2D eigenvalue weighted by Gasteiger charge is -2.24. The summed E-state index contributed by atoms with van der Waals surface area (Å²) in [4.78, 5) is 16.7. The van der Waals surface area contributed by atoms with Gasteiger partial charge in [-0.05, 0) is 24.1 Å². The van der Waals surface area contributed by atoms with Gasteiger partial charge in [0.1, 0.15) is 0 Å². The van der Waals surface area contributed by atoms with Crippen molar-refractivity contribution in [3.05, 3.63) is 42.1 Å². The third-order valence-corrected chi connectivity index (χ3v) is 4.42. The van der Waals surface area contributed by atoms with Gasteiger partial charge in [0.25, 0.3) is 0 Å². The van der Waals surface area contributed by atoms with E-state index in [1.807, 2.05) is 45.2 Å². The third-order valence-electron chi connectivity index (χ3n) is 4.42. The Labute approximate surface area is 137 Å². The van der Waals surface area contributed by atoms with Gasteiger partial charge in [-0.1, -0.05) is 39.0 Å². The maximum Gasteiger partial charge on any atom is 0.225 e. The molecule has 1 aliphatic heterocycles. The van der Waals surface area contributed by atoms with Crippen LogP contribution in [0.15, 0.2) is 36.5 Å². The fourth-order valence-corrected chi connectivity index (χ4v) is 2.96. The van der Waals surface area contributed by atoms with Crippen molar-refractivity contribution in [1.29, 1.82) is 0 Å². The number of amides is 1. The molecular formula is C19H24N2O2. The average Bonchev–Trinajstić information content (AvgIpc) is 2.94. The number of hydrogen-bond acceptors (Lipinski definition) is 3. The fourth-order valence-electron chi connectivity index (χ4n) is 2.96. The van der Waals surface area contributed by atoms with E-state index in [2.05, 4.69) is 22.4 Å². The molecule has 0 aliphatic carbocycles. The molecule has 3 rings (SSSR count). The first-order chi connectivity index (χ1) is 10.9. The lowest BCUT2D eigenvalue weighted by molar-refractivity contribution is -0.129. The lowest BCUT2D eigenvalue weighted by atomic mass is 9.91. The smallest absolute Gasteiger partial charge is 0.225 e. The van der Waals surface area contributed by atoms with Gasteiger partial charge in [0.2, 0.25) is 5.91 Å². The summed E-state index contributed by atoms with van der Waals surface area (Å²) >= 11 is 0. The van der Waals surface area contributed by atoms with Crippen LogP contribution < -0.4 is 5.32 Å². The Hall–Kier alpha value is -1.94. The number of hydrogen-bond donors (Lipinski definition) is 1. The van der Waals surface area contributed by atoms with E-state index in [0.29, 0.717) is 19.1 Å². The number of aromatic nitrogens is 1. The number of carbonyl (C=O) groups excluding carboxylic acids is 1. The second kappa shape index (κ2) is 6.28. The molecule has 1 amide bonds. The standard InChI is InChI=1S/C19H24N2O2/c1-19(2,3)18(22)21-17-12-23-11-14(17)10-13-8-9-20-16-7-5-4-6-15(13)16/h4-9,14,17H,10-12H2,1-3H3,(H,21,22)/t14-,17-/m1/s1. The van der Waals surface area contributed by atoms with Crippen LogP contribution in [0.2, 0.25) is 0 Å². The number of nitrogens with zero attached hydrogens (tertiary/aromatic N) is 1. The van der Waals surface area contributed by atoms with E-state index in [9.17, 15) is 4.79 Å². The SMILES string of the molecule is CC(C)(C)C(=O)N[C@@H]1COC[C@H]1Cc1ccnc2ccccc12. The molecule has 1 saturated heterocycles. The minimum absolute atomic E-state index is 0.0775. The summed E-state index contributed by atoms with van der Waals surface area (Å²) in [5.41, 5.74) is 1.90. The summed E-state index contributed by atoms with van der Waals surface area (Å²) in [6.45, 7) is 7.08. The van der Waals surface area contributed by atoms with E-state index in [1.54, 1.807) is 0 Å². The Morgan fingerprint density at radius 2 is 2.04 bits per heavy atom. The quantitative estimate of drug-likeness (QED) is 0.948. The van der Waals surface area contributed by atoms with E-state index in [4.69, 9.17) is 4.74 Å². The number of carbonyl (C=O) groups is 1. The van der Waals surface area contributed by atoms with Crippen molar-refractivity contribution in [1.82, 2.24) is 10.3 Å². The van der Waals surface area contributed by atoms with Crippen LogP contribution in [0.4, 0.5) is 0 Å². The molecular weight excluding hydrogens is 288 g/mol. The molecule has 0 bridgehead atoms. The van der Waals surface area contributed by atoms with Crippen LogP contribution in [0.5, 0.6) is 0 Å². The summed E-state index contributed by atoms with van der Waals surface area (Å²) in [5.74, 6) is 0.379. The normalized spacial score (nSPS) is 21.5. The number of ether oxygens (including phenoxy) is 1. The molecule has 4 heteroatoms. The van der Waals surface area contributed by atoms with E-state index in [0.717, 1.165) is 11.9 Å². The molecule has 0 radical (unpaired) electrons. The predicted molar refractivity (Wildman–Crippen MR) is 91.1 cm³/mol. The Bertz CT molecular complexity index is 701. The molecule has 2 aromatic rings. The summed E-state index contributed by atoms with van der Waals surface area (Å²) < 4.78 is 5.64. The van der Waals surface area contributed by atoms with Gasteiger partial charge < -0.3 is 10.1 Å². The molecule has 122 valence electrons. The zero-order valence-electron chi connectivity index (χ0n) is 14.0. The number of pyridine rings is 1.